The second-order valence-corrected chi connectivity index (χ2v) is 5.52. The first kappa shape index (κ1) is 17.6. The fourth-order valence-electron chi connectivity index (χ4n) is 2.14. The van der Waals surface area contributed by atoms with Crippen molar-refractivity contribution in [2.75, 3.05) is 11.4 Å². The van der Waals surface area contributed by atoms with Crippen LogP contribution in [0.4, 0.5) is 5.69 Å². The van der Waals surface area contributed by atoms with Crippen molar-refractivity contribution in [3.63, 3.8) is 0 Å². The maximum Gasteiger partial charge on any atom is 0.263 e. The predicted octanol–water partition coefficient (Wildman–Crippen LogP) is 3.89. The second-order valence-electron chi connectivity index (χ2n) is 5.09. The molecule has 0 fully saturated rings. The van der Waals surface area contributed by atoms with Gasteiger partial charge in [-0.25, -0.2) is 0 Å². The first-order valence-corrected chi connectivity index (χ1v) is 7.98. The van der Waals surface area contributed by atoms with E-state index < -0.39 is 5.91 Å². The van der Waals surface area contributed by atoms with Gasteiger partial charge >= 0.3 is 0 Å². The molecular formula is C19H18ClN3O. The lowest BCUT2D eigenvalue weighted by atomic mass is 10.2. The smallest absolute Gasteiger partial charge is 0.263 e. The van der Waals surface area contributed by atoms with E-state index in [2.05, 4.69) is 5.32 Å². The van der Waals surface area contributed by atoms with Gasteiger partial charge in [0.25, 0.3) is 5.91 Å². The van der Waals surface area contributed by atoms with E-state index in [1.54, 1.807) is 18.3 Å². The van der Waals surface area contributed by atoms with Crippen LogP contribution in [-0.4, -0.2) is 12.5 Å². The number of nitrogens with one attached hydrogen (secondary N) is 1. The number of rotatable bonds is 6. The standard InChI is InChI=1S/C19H18ClN3O/c1-2-23(18-6-4-3-5-7-18)14-16(12-21)19(24)22-13-15-8-10-17(20)11-9-15/h3-11,14H,2,13H2,1H3,(H,22,24)/b16-14-. The van der Waals surface area contributed by atoms with Gasteiger partial charge < -0.3 is 10.2 Å². The summed E-state index contributed by atoms with van der Waals surface area (Å²) in [6.07, 6.45) is 1.58. The molecule has 0 spiro atoms. The first-order valence-electron chi connectivity index (χ1n) is 7.60. The number of carbonyl (C=O) groups is 1. The molecule has 0 aromatic heterocycles. The highest BCUT2D eigenvalue weighted by Crippen LogP contribution is 2.15. The van der Waals surface area contributed by atoms with Gasteiger partial charge in [0.2, 0.25) is 0 Å². The molecule has 0 aliphatic rings. The Morgan fingerprint density at radius 2 is 1.88 bits per heavy atom. The Balaban J connectivity index is 2.07. The summed E-state index contributed by atoms with van der Waals surface area (Å²) in [5, 5.41) is 12.7. The monoisotopic (exact) mass is 339 g/mol. The molecule has 122 valence electrons. The van der Waals surface area contributed by atoms with Crippen molar-refractivity contribution in [3.05, 3.63) is 77.0 Å². The summed E-state index contributed by atoms with van der Waals surface area (Å²) in [7, 11) is 0. The van der Waals surface area contributed by atoms with Crippen LogP contribution in [0.15, 0.2) is 66.4 Å². The molecule has 0 aliphatic heterocycles. The van der Waals surface area contributed by atoms with Crippen LogP contribution < -0.4 is 10.2 Å². The molecule has 0 radical (unpaired) electrons. The average Bonchev–Trinajstić information content (AvgIpc) is 2.63. The van der Waals surface area contributed by atoms with E-state index >= 15 is 0 Å². The van der Waals surface area contributed by atoms with Gasteiger partial charge in [-0.2, -0.15) is 5.26 Å². The van der Waals surface area contributed by atoms with Crippen LogP contribution in [0.5, 0.6) is 0 Å². The summed E-state index contributed by atoms with van der Waals surface area (Å²) >= 11 is 5.83. The number of amides is 1. The molecule has 0 saturated heterocycles. The molecular weight excluding hydrogens is 322 g/mol. The van der Waals surface area contributed by atoms with Gasteiger partial charge in [0.1, 0.15) is 11.6 Å². The first-order chi connectivity index (χ1) is 11.6. The molecule has 5 heteroatoms. The Kier molecular flexibility index (Phi) is 6.41. The normalized spacial score (nSPS) is 10.8. The average molecular weight is 340 g/mol. The van der Waals surface area contributed by atoms with Crippen molar-refractivity contribution in [1.29, 1.82) is 5.26 Å². The highest BCUT2D eigenvalue weighted by atomic mass is 35.5. The fraction of sp³-hybridized carbons (Fsp3) is 0.158. The maximum absolute atomic E-state index is 12.2. The Labute approximate surface area is 147 Å². The molecule has 0 saturated carbocycles. The van der Waals surface area contributed by atoms with E-state index in [-0.39, 0.29) is 5.57 Å². The van der Waals surface area contributed by atoms with Gasteiger partial charge in [0, 0.05) is 30.0 Å². The van der Waals surface area contributed by atoms with Gasteiger partial charge in [0.15, 0.2) is 0 Å². The lowest BCUT2D eigenvalue weighted by Crippen LogP contribution is -2.26. The molecule has 1 amide bonds. The molecule has 0 unspecified atom stereocenters. The van der Waals surface area contributed by atoms with Crippen molar-refractivity contribution < 1.29 is 4.79 Å². The van der Waals surface area contributed by atoms with E-state index in [0.717, 1.165) is 11.3 Å². The van der Waals surface area contributed by atoms with E-state index in [9.17, 15) is 10.1 Å². The third kappa shape index (κ3) is 4.87. The third-order valence-corrected chi connectivity index (χ3v) is 3.70. The number of halogens is 1. The zero-order chi connectivity index (χ0) is 17.4. The summed E-state index contributed by atoms with van der Waals surface area (Å²) in [5.74, 6) is -0.401. The van der Waals surface area contributed by atoms with Crippen LogP contribution in [0.3, 0.4) is 0 Å². The van der Waals surface area contributed by atoms with Gasteiger partial charge in [-0.3, -0.25) is 4.79 Å². The maximum atomic E-state index is 12.2. The van der Waals surface area contributed by atoms with Gasteiger partial charge in [-0.1, -0.05) is 41.9 Å². The Morgan fingerprint density at radius 3 is 2.46 bits per heavy atom. The Hall–Kier alpha value is -2.77. The second kappa shape index (κ2) is 8.76. The van der Waals surface area contributed by atoms with E-state index in [0.29, 0.717) is 18.1 Å². The Bertz CT molecular complexity index is 748. The van der Waals surface area contributed by atoms with Gasteiger partial charge in [-0.15, -0.1) is 0 Å². The van der Waals surface area contributed by atoms with Crippen molar-refractivity contribution in [1.82, 2.24) is 5.32 Å². The molecule has 0 atom stereocenters. The summed E-state index contributed by atoms with van der Waals surface area (Å²) < 4.78 is 0. The van der Waals surface area contributed by atoms with Crippen molar-refractivity contribution in [2.45, 2.75) is 13.5 Å². The molecule has 2 aromatic rings. The SMILES string of the molecule is CCN(/C=C(/C#N)C(=O)NCc1ccc(Cl)cc1)c1ccccc1. The number of nitriles is 1. The summed E-state index contributed by atoms with van der Waals surface area (Å²) in [6, 6.07) is 18.8. The zero-order valence-electron chi connectivity index (χ0n) is 13.4. The number of anilines is 1. The molecule has 4 nitrogen and oxygen atoms in total. The Morgan fingerprint density at radius 1 is 1.21 bits per heavy atom. The number of carbonyl (C=O) groups excluding carboxylic acids is 1. The number of hydrogen-bond acceptors (Lipinski definition) is 3. The van der Waals surface area contributed by atoms with Crippen molar-refractivity contribution in [3.8, 4) is 6.07 Å². The minimum Gasteiger partial charge on any atom is -0.347 e. The van der Waals surface area contributed by atoms with E-state index in [4.69, 9.17) is 11.6 Å². The van der Waals surface area contributed by atoms with E-state index in [1.165, 1.54) is 0 Å². The van der Waals surface area contributed by atoms with E-state index in [1.807, 2.05) is 60.4 Å². The number of hydrogen-bond donors (Lipinski definition) is 1. The largest absolute Gasteiger partial charge is 0.347 e. The van der Waals surface area contributed by atoms with Crippen molar-refractivity contribution >= 4 is 23.2 Å². The number of nitrogens with zero attached hydrogens (tertiary/aromatic N) is 2. The van der Waals surface area contributed by atoms with Crippen LogP contribution in [0, 0.1) is 11.3 Å². The van der Waals surface area contributed by atoms with Gasteiger partial charge in [-0.05, 0) is 36.8 Å². The molecule has 24 heavy (non-hydrogen) atoms. The number of para-hydroxylation sites is 1. The van der Waals surface area contributed by atoms with Gasteiger partial charge in [0.05, 0.1) is 0 Å². The van der Waals surface area contributed by atoms with Crippen molar-refractivity contribution in [2.24, 2.45) is 0 Å². The number of benzene rings is 2. The minimum absolute atomic E-state index is 0.0645. The summed E-state index contributed by atoms with van der Waals surface area (Å²) in [4.78, 5) is 14.1. The molecule has 1 N–H and O–H groups in total. The summed E-state index contributed by atoms with van der Waals surface area (Å²) in [6.45, 7) is 2.95. The zero-order valence-corrected chi connectivity index (χ0v) is 14.1. The third-order valence-electron chi connectivity index (χ3n) is 3.44. The molecule has 0 aliphatic carbocycles. The quantitative estimate of drug-likeness (QED) is 0.641. The molecule has 2 rings (SSSR count). The topological polar surface area (TPSA) is 56.1 Å². The van der Waals surface area contributed by atoms with Crippen LogP contribution in [-0.2, 0) is 11.3 Å². The highest BCUT2D eigenvalue weighted by Gasteiger charge is 2.11. The van der Waals surface area contributed by atoms with Crippen LogP contribution in [0.2, 0.25) is 5.02 Å². The fourth-order valence-corrected chi connectivity index (χ4v) is 2.27. The highest BCUT2D eigenvalue weighted by molar-refractivity contribution is 6.30. The molecule has 0 heterocycles. The summed E-state index contributed by atoms with van der Waals surface area (Å²) in [5.41, 5.74) is 1.91. The van der Waals surface area contributed by atoms with Crippen LogP contribution in [0.1, 0.15) is 12.5 Å². The lowest BCUT2D eigenvalue weighted by Gasteiger charge is -2.18. The molecule has 2 aromatic carbocycles. The molecule has 0 bridgehead atoms. The van der Waals surface area contributed by atoms with Crippen LogP contribution >= 0.6 is 11.6 Å². The van der Waals surface area contributed by atoms with Crippen LogP contribution in [0.25, 0.3) is 0 Å². The lowest BCUT2D eigenvalue weighted by molar-refractivity contribution is -0.117. The predicted molar refractivity (Wildman–Crippen MR) is 96.5 cm³/mol. The minimum atomic E-state index is -0.401.